The Morgan fingerprint density at radius 2 is 1.76 bits per heavy atom. The predicted octanol–water partition coefficient (Wildman–Crippen LogP) is 5.62. The third kappa shape index (κ3) is 10.7. The second kappa shape index (κ2) is 17.5. The molecule has 3 heterocycles. The Labute approximate surface area is 360 Å². The summed E-state index contributed by atoms with van der Waals surface area (Å²) in [6, 6.07) is 9.57. The number of pyridine rings is 1. The normalized spacial score (nSPS) is 25.2. The maximum Gasteiger partial charge on any atom is 0.573 e. The van der Waals surface area contributed by atoms with Crippen LogP contribution in [0.15, 0.2) is 60.7 Å². The van der Waals surface area contributed by atoms with Gasteiger partial charge in [0.1, 0.15) is 40.8 Å². The van der Waals surface area contributed by atoms with Crippen LogP contribution in [-0.2, 0) is 29.1 Å². The number of methoxy groups -OCH3 is 1. The molecule has 2 aliphatic carbocycles. The summed E-state index contributed by atoms with van der Waals surface area (Å²) in [5.41, 5.74) is -1.73. The van der Waals surface area contributed by atoms with E-state index in [9.17, 15) is 40.8 Å². The maximum atomic E-state index is 14.6. The first kappa shape index (κ1) is 44.8. The summed E-state index contributed by atoms with van der Waals surface area (Å²) in [5, 5.41) is 5.95. The second-order valence-electron chi connectivity index (χ2n) is 16.7. The Balaban J connectivity index is 1.23. The standard InChI is InChI=1S/C42H48F3N5O10S2/c1-40(2,3)60-39(54)47-33-23-61-17-7-5-6-8-26-21-41(26,38(53)49-62(55,56)30-14-15-30)48-35(51)34-20-29(22-50(34)37(33)52)58-36-31-16-13-28(57-4)18-25(31)19-32(46-36)24-9-11-27(12-10-24)59-42(43,44)45/h6,8-13,16,18-19,26,29-30,33-34H,5,7,14-15,17,20-23H2,1-4H3,(H,47,54)(H,48,51)(H,49,53)/b8-6-/t26-,29?,33+,34+,41-/m1/s1. The van der Waals surface area contributed by atoms with E-state index in [0.29, 0.717) is 59.2 Å². The zero-order valence-electron chi connectivity index (χ0n) is 34.5. The molecule has 3 aromatic rings. The van der Waals surface area contributed by atoms with Crippen molar-refractivity contribution in [3.05, 3.63) is 60.7 Å². The van der Waals surface area contributed by atoms with E-state index in [1.165, 1.54) is 35.9 Å². The first-order chi connectivity index (χ1) is 29.2. The molecule has 0 bridgehead atoms. The van der Waals surface area contributed by atoms with Crippen molar-refractivity contribution in [3.63, 3.8) is 0 Å². The van der Waals surface area contributed by atoms with Crippen molar-refractivity contribution in [2.24, 2.45) is 5.92 Å². The number of allylic oxidation sites excluding steroid dienone is 1. The molecule has 1 unspecified atom stereocenters. The molecule has 2 aliphatic heterocycles. The van der Waals surface area contributed by atoms with Crippen LogP contribution >= 0.6 is 11.8 Å². The fourth-order valence-corrected chi connectivity index (χ4v) is 9.85. The third-order valence-electron chi connectivity index (χ3n) is 10.8. The van der Waals surface area contributed by atoms with Crippen LogP contribution in [0, 0.1) is 5.92 Å². The number of nitrogens with zero attached hydrogens (tertiary/aromatic N) is 2. The number of rotatable bonds is 9. The first-order valence-electron chi connectivity index (χ1n) is 20.2. The molecule has 2 saturated carbocycles. The van der Waals surface area contributed by atoms with Gasteiger partial charge in [0, 0.05) is 29.0 Å². The van der Waals surface area contributed by atoms with Crippen LogP contribution in [0.1, 0.15) is 59.3 Å². The van der Waals surface area contributed by atoms with Crippen molar-refractivity contribution < 1.29 is 59.7 Å². The van der Waals surface area contributed by atoms with Gasteiger partial charge in [0.15, 0.2) is 0 Å². The molecule has 3 fully saturated rings. The molecule has 1 aromatic heterocycles. The van der Waals surface area contributed by atoms with Gasteiger partial charge in [0.25, 0.3) is 5.91 Å². The van der Waals surface area contributed by atoms with Gasteiger partial charge in [-0.2, -0.15) is 11.8 Å². The number of halogens is 3. The molecule has 5 atom stereocenters. The van der Waals surface area contributed by atoms with Crippen molar-refractivity contribution in [3.8, 4) is 28.6 Å². The summed E-state index contributed by atoms with van der Waals surface area (Å²) in [4.78, 5) is 62.1. The number of alkyl halides is 3. The topological polar surface area (TPSA) is 192 Å². The Kier molecular flexibility index (Phi) is 12.6. The van der Waals surface area contributed by atoms with Crippen molar-refractivity contribution in [1.29, 1.82) is 0 Å². The lowest BCUT2D eigenvalue weighted by Gasteiger charge is -2.30. The van der Waals surface area contributed by atoms with Crippen molar-refractivity contribution in [2.75, 3.05) is 25.2 Å². The number of nitrogens with one attached hydrogen (secondary N) is 3. The highest BCUT2D eigenvalue weighted by atomic mass is 32.2. The Morgan fingerprint density at radius 3 is 2.44 bits per heavy atom. The molecule has 62 heavy (non-hydrogen) atoms. The quantitative estimate of drug-likeness (QED) is 0.225. The highest BCUT2D eigenvalue weighted by Gasteiger charge is 2.62. The molecule has 3 N–H and O–H groups in total. The van der Waals surface area contributed by atoms with E-state index in [-0.39, 0.29) is 31.0 Å². The summed E-state index contributed by atoms with van der Waals surface area (Å²) in [6.07, 6.45) is -0.721. The predicted molar refractivity (Wildman–Crippen MR) is 223 cm³/mol. The minimum absolute atomic E-state index is 0.0869. The number of thioether (sulfide) groups is 1. The smallest absolute Gasteiger partial charge is 0.497 e. The number of sulfonamides is 1. The molecule has 0 spiro atoms. The molecule has 4 amide bonds. The van der Waals surface area contributed by atoms with E-state index in [1.807, 2.05) is 6.08 Å². The summed E-state index contributed by atoms with van der Waals surface area (Å²) in [7, 11) is -2.48. The zero-order valence-corrected chi connectivity index (χ0v) is 36.1. The minimum atomic E-state index is -4.88. The van der Waals surface area contributed by atoms with Gasteiger partial charge in [-0.3, -0.25) is 19.1 Å². The lowest BCUT2D eigenvalue weighted by Crippen LogP contribution is -2.58. The van der Waals surface area contributed by atoms with E-state index < -0.39 is 86.4 Å². The third-order valence-corrected chi connectivity index (χ3v) is 13.7. The highest BCUT2D eigenvalue weighted by molar-refractivity contribution is 7.99. The number of hydrogen-bond donors (Lipinski definition) is 3. The van der Waals surface area contributed by atoms with Crippen LogP contribution in [0.2, 0.25) is 0 Å². The number of carbonyl (C=O) groups is 4. The van der Waals surface area contributed by atoms with Gasteiger partial charge in [-0.1, -0.05) is 12.2 Å². The van der Waals surface area contributed by atoms with E-state index >= 15 is 0 Å². The summed E-state index contributed by atoms with van der Waals surface area (Å²) in [5.74, 6) is -1.78. The lowest BCUT2D eigenvalue weighted by atomic mass is 10.1. The number of alkyl carbamates (subject to hydrolysis) is 1. The van der Waals surface area contributed by atoms with Crippen LogP contribution in [0.25, 0.3) is 22.0 Å². The van der Waals surface area contributed by atoms with Gasteiger partial charge in [0.05, 0.1) is 24.6 Å². The number of ether oxygens (including phenoxy) is 4. The molecule has 2 aromatic carbocycles. The van der Waals surface area contributed by atoms with Crippen LogP contribution in [0.5, 0.6) is 17.4 Å². The zero-order chi connectivity index (χ0) is 44.6. The van der Waals surface area contributed by atoms with Crippen LogP contribution in [0.4, 0.5) is 18.0 Å². The fraction of sp³-hybridized carbons (Fsp3) is 0.500. The molecule has 15 nitrogen and oxygen atoms in total. The Bertz CT molecular complexity index is 2350. The molecule has 7 rings (SSSR count). The molecule has 4 aliphatic rings. The molecule has 334 valence electrons. The minimum Gasteiger partial charge on any atom is -0.497 e. The van der Waals surface area contributed by atoms with Gasteiger partial charge in [-0.15, -0.1) is 13.2 Å². The van der Waals surface area contributed by atoms with Crippen LogP contribution in [0.3, 0.4) is 0 Å². The van der Waals surface area contributed by atoms with Gasteiger partial charge in [-0.25, -0.2) is 18.2 Å². The molecule has 0 radical (unpaired) electrons. The lowest BCUT2D eigenvalue weighted by molar-refractivity contribution is -0.274. The molecular formula is C42H48F3N5O10S2. The van der Waals surface area contributed by atoms with Gasteiger partial charge in [-0.05, 0) is 113 Å². The Morgan fingerprint density at radius 1 is 1.03 bits per heavy atom. The average molecular weight is 904 g/mol. The van der Waals surface area contributed by atoms with Gasteiger partial charge < -0.3 is 34.5 Å². The van der Waals surface area contributed by atoms with Crippen molar-refractivity contribution in [2.45, 2.75) is 100 Å². The molecule has 1 saturated heterocycles. The van der Waals surface area contributed by atoms with E-state index in [1.54, 1.807) is 51.1 Å². The number of amides is 4. The fourth-order valence-electron chi connectivity index (χ4n) is 7.49. The maximum absolute atomic E-state index is 14.6. The van der Waals surface area contributed by atoms with Crippen LogP contribution < -0.4 is 29.6 Å². The van der Waals surface area contributed by atoms with E-state index in [4.69, 9.17) is 19.2 Å². The van der Waals surface area contributed by atoms with Crippen molar-refractivity contribution >= 4 is 56.4 Å². The second-order valence-corrected chi connectivity index (χ2v) is 19.9. The number of benzene rings is 2. The number of hydrogen-bond acceptors (Lipinski definition) is 12. The van der Waals surface area contributed by atoms with Gasteiger partial charge >= 0.3 is 12.5 Å². The average Bonchev–Trinajstić information content (AvgIpc) is 4.12. The summed E-state index contributed by atoms with van der Waals surface area (Å²) < 4.78 is 88.2. The molecule has 20 heteroatoms. The molecular weight excluding hydrogens is 856 g/mol. The largest absolute Gasteiger partial charge is 0.573 e. The van der Waals surface area contributed by atoms with Crippen LogP contribution in [-0.4, -0.2) is 108 Å². The van der Waals surface area contributed by atoms with Gasteiger partial charge in [0.2, 0.25) is 27.7 Å². The monoisotopic (exact) mass is 903 g/mol. The van der Waals surface area contributed by atoms with Crippen molar-refractivity contribution in [1.82, 2.24) is 25.2 Å². The van der Waals surface area contributed by atoms with E-state index in [2.05, 4.69) is 20.1 Å². The number of carbonyl (C=O) groups excluding carboxylic acids is 4. The number of aromatic nitrogens is 1. The Hall–Kier alpha value is -5.24. The highest BCUT2D eigenvalue weighted by Crippen LogP contribution is 2.46. The summed E-state index contributed by atoms with van der Waals surface area (Å²) >= 11 is 1.43. The summed E-state index contributed by atoms with van der Waals surface area (Å²) in [6.45, 7) is 4.88. The number of fused-ring (bicyclic) bond motifs is 3. The first-order valence-corrected chi connectivity index (χ1v) is 22.9. The SMILES string of the molecule is COc1ccc2c(OC3C[C@H]4C(=O)N[C@]5(C(=O)NS(=O)(=O)C6CC6)C[C@H]5/C=C\CCCSC[C@H](NC(=O)OC(C)(C)C)C(=O)N4C3)nc(-c3ccc(OC(F)(F)F)cc3)cc2c1. The van der Waals surface area contributed by atoms with E-state index in [0.717, 1.165) is 12.1 Å².